The second-order valence-electron chi connectivity index (χ2n) is 0.937. The molecule has 0 aliphatic heterocycles. The van der Waals surface area contributed by atoms with Crippen LogP contribution >= 0.6 is 14.6 Å². The van der Waals surface area contributed by atoms with E-state index < -0.39 is 14.6 Å². The van der Waals surface area contributed by atoms with Crippen molar-refractivity contribution in [1.82, 2.24) is 0 Å². The van der Waals surface area contributed by atoms with Crippen molar-refractivity contribution in [2.45, 2.75) is 0 Å². The predicted molar refractivity (Wildman–Crippen MR) is 15.2 cm³/mol. The number of rotatable bonds is 1. The Bertz CT molecular complexity index is 140. The Hall–Kier alpha value is 1.62. The molecule has 6 nitrogen and oxygen atoms in total. The van der Waals surface area contributed by atoms with E-state index in [0.717, 1.165) is 0 Å². The molecule has 0 aromatic rings. The summed E-state index contributed by atoms with van der Waals surface area (Å²) in [7, 11) is -11.8. The van der Waals surface area contributed by atoms with Crippen LogP contribution in [0.1, 0.15) is 0 Å². The van der Waals surface area contributed by atoms with E-state index in [2.05, 4.69) is 0 Å². The molecule has 0 aromatic carbocycles. The maximum absolute atomic E-state index is 9.24. The van der Waals surface area contributed by atoms with Crippen LogP contribution in [0.25, 0.3) is 0 Å². The molecule has 0 heterocycles. The fourth-order valence-electron chi connectivity index (χ4n) is 0. The quantitative estimate of drug-likeness (QED) is 0.433. The first kappa shape index (κ1) is 13.2. The first-order chi connectivity index (χ1) is 3.25. The van der Waals surface area contributed by atoms with E-state index >= 15 is 0 Å². The topological polar surface area (TPSA) is 126 Å². The SMILES string of the molecule is O=P([O-])([O-])P(=O)([O-])[O-].[Th+4]. The molecule has 0 atom stereocenters. The third kappa shape index (κ3) is 4.96. The molecule has 0 saturated carbocycles. The van der Waals surface area contributed by atoms with Crippen LogP contribution in [-0.2, 0) is 9.13 Å². The van der Waals surface area contributed by atoms with Crippen LogP contribution < -0.4 is 19.6 Å². The van der Waals surface area contributed by atoms with Gasteiger partial charge in [0.15, 0.2) is 0 Å². The molecule has 0 aliphatic carbocycles. The Kier molecular flexibility index (Phi) is 5.67. The molecule has 50 valence electrons. The van der Waals surface area contributed by atoms with Crippen molar-refractivity contribution in [3.8, 4) is 0 Å². The van der Waals surface area contributed by atoms with Gasteiger partial charge in [-0.2, -0.15) is 0 Å². The Labute approximate surface area is 82.6 Å². The summed E-state index contributed by atoms with van der Waals surface area (Å²) in [6, 6.07) is 0. The smallest absolute Gasteiger partial charge is 0.807 e. The van der Waals surface area contributed by atoms with E-state index in [1.807, 2.05) is 0 Å². The maximum Gasteiger partial charge on any atom is 4.00 e. The Balaban J connectivity index is 0. The van der Waals surface area contributed by atoms with Crippen molar-refractivity contribution in [3.63, 3.8) is 0 Å². The van der Waals surface area contributed by atoms with Gasteiger partial charge < -0.3 is 28.7 Å². The van der Waals surface area contributed by atoms with Crippen LogP contribution in [0.3, 0.4) is 0 Å². The zero-order chi connectivity index (χ0) is 7.00. The molecule has 0 radical (unpaired) electrons. The van der Waals surface area contributed by atoms with Crippen LogP contribution in [0.4, 0.5) is 0 Å². The minimum absolute atomic E-state index is 0. The van der Waals surface area contributed by atoms with E-state index in [0.29, 0.717) is 0 Å². The van der Waals surface area contributed by atoms with Crippen molar-refractivity contribution in [2.75, 3.05) is 0 Å². The fourth-order valence-corrected chi connectivity index (χ4v) is 0. The molecular formula is O6P2Th. The largest absolute Gasteiger partial charge is 4.00 e. The zero-order valence-electron chi connectivity index (χ0n) is 3.84. The molecule has 0 unspecified atom stereocenters. The molecule has 0 aliphatic rings. The molecular weight excluding hydrogens is 390 g/mol. The number of hydrogen-bond acceptors (Lipinski definition) is 6. The van der Waals surface area contributed by atoms with Crippen molar-refractivity contribution in [3.05, 3.63) is 0 Å². The molecule has 0 saturated heterocycles. The minimum Gasteiger partial charge on any atom is -0.807 e. The van der Waals surface area contributed by atoms with Crippen molar-refractivity contribution in [1.29, 1.82) is 0 Å². The zero-order valence-corrected chi connectivity index (χ0v) is 9.74. The van der Waals surface area contributed by atoms with Crippen LogP contribution in [0, 0.1) is 39.9 Å². The average molecular weight is 390 g/mol. The molecule has 9 heavy (non-hydrogen) atoms. The van der Waals surface area contributed by atoms with Crippen LogP contribution in [0.2, 0.25) is 0 Å². The summed E-state index contributed by atoms with van der Waals surface area (Å²) in [5, 5.41) is 0. The standard InChI is InChI=1S/H4O6P2.Th/c1-7(2,3)8(4,5)6;/h(H2,1,2,3)(H2,4,5,6);/q;+4/p-4. The van der Waals surface area contributed by atoms with Gasteiger partial charge in [-0.05, 0) is 14.6 Å². The predicted octanol–water partition coefficient (Wildman–Crippen LogP) is -3.27. The minimum atomic E-state index is -5.91. The molecule has 9 heteroatoms. The van der Waals surface area contributed by atoms with Gasteiger partial charge in [0.05, 0.1) is 0 Å². The summed E-state index contributed by atoms with van der Waals surface area (Å²) in [5.41, 5.74) is 0. The van der Waals surface area contributed by atoms with Gasteiger partial charge >= 0.3 is 39.9 Å². The van der Waals surface area contributed by atoms with Crippen molar-refractivity contribution >= 4 is 14.6 Å². The summed E-state index contributed by atoms with van der Waals surface area (Å²) in [6.45, 7) is 0. The van der Waals surface area contributed by atoms with Gasteiger partial charge in [0.2, 0.25) is 0 Å². The van der Waals surface area contributed by atoms with Crippen LogP contribution in [-0.4, -0.2) is 0 Å². The van der Waals surface area contributed by atoms with Crippen molar-refractivity contribution < 1.29 is 68.6 Å². The van der Waals surface area contributed by atoms with Gasteiger partial charge in [0, 0.05) is 0 Å². The molecule has 0 rings (SSSR count). The van der Waals surface area contributed by atoms with Gasteiger partial charge in [-0.25, -0.2) is 0 Å². The Morgan fingerprint density at radius 2 is 0.889 bits per heavy atom. The normalized spacial score (nSPS) is 12.4. The summed E-state index contributed by atoms with van der Waals surface area (Å²) >= 11 is 0. The molecule has 0 amide bonds. The van der Waals surface area contributed by atoms with Crippen LogP contribution in [0.5, 0.6) is 0 Å². The van der Waals surface area contributed by atoms with Crippen molar-refractivity contribution in [2.24, 2.45) is 0 Å². The third-order valence-corrected chi connectivity index (χ3v) is 2.70. The molecule has 0 fully saturated rings. The summed E-state index contributed by atoms with van der Waals surface area (Å²) in [6.07, 6.45) is 0. The van der Waals surface area contributed by atoms with Gasteiger partial charge in [-0.3, -0.25) is 0 Å². The summed E-state index contributed by atoms with van der Waals surface area (Å²) < 4.78 is 18.5. The summed E-state index contributed by atoms with van der Waals surface area (Å²) in [5.74, 6) is 0. The van der Waals surface area contributed by atoms with Gasteiger partial charge in [0.25, 0.3) is 0 Å². The van der Waals surface area contributed by atoms with Gasteiger partial charge in [0.1, 0.15) is 0 Å². The summed E-state index contributed by atoms with van der Waals surface area (Å²) in [4.78, 5) is 36.9. The molecule has 0 N–H and O–H groups in total. The van der Waals surface area contributed by atoms with Gasteiger partial charge in [-0.15, -0.1) is 0 Å². The van der Waals surface area contributed by atoms with E-state index in [9.17, 15) is 28.7 Å². The molecule has 0 bridgehead atoms. The van der Waals surface area contributed by atoms with Gasteiger partial charge in [-0.1, -0.05) is 0 Å². The fraction of sp³-hybridized carbons (Fsp3) is 0. The van der Waals surface area contributed by atoms with E-state index in [-0.39, 0.29) is 39.9 Å². The Morgan fingerprint density at radius 3 is 0.889 bits per heavy atom. The second kappa shape index (κ2) is 3.86. The maximum atomic E-state index is 9.24. The van der Waals surface area contributed by atoms with E-state index in [1.165, 1.54) is 0 Å². The monoisotopic (exact) mass is 390 g/mol. The van der Waals surface area contributed by atoms with Crippen LogP contribution in [0.15, 0.2) is 0 Å². The van der Waals surface area contributed by atoms with E-state index in [4.69, 9.17) is 0 Å². The third-order valence-electron chi connectivity index (χ3n) is 0.300. The number of hydrogen-bond donors (Lipinski definition) is 0. The molecule has 0 spiro atoms. The molecule has 0 aromatic heterocycles. The first-order valence-corrected chi connectivity index (χ1v) is 5.09. The average Bonchev–Trinajstić information content (AvgIpc) is 1.25. The first-order valence-electron chi connectivity index (χ1n) is 1.30. The Morgan fingerprint density at radius 1 is 0.778 bits per heavy atom. The second-order valence-corrected chi connectivity index (χ2v) is 5.75. The van der Waals surface area contributed by atoms with E-state index in [1.54, 1.807) is 0 Å².